The van der Waals surface area contributed by atoms with Gasteiger partial charge < -0.3 is 9.47 Å². The van der Waals surface area contributed by atoms with Gasteiger partial charge in [-0.15, -0.1) is 0 Å². The van der Waals surface area contributed by atoms with Crippen LogP contribution in [0.15, 0.2) is 12.2 Å². The van der Waals surface area contributed by atoms with Gasteiger partial charge >= 0.3 is 11.9 Å². The number of ether oxygens (including phenoxy) is 2. The maximum atomic E-state index is 11.6. The van der Waals surface area contributed by atoms with E-state index in [4.69, 9.17) is 9.47 Å². The van der Waals surface area contributed by atoms with E-state index in [1.807, 2.05) is 0 Å². The molecule has 0 spiro atoms. The molecule has 1 aliphatic heterocycles. The molecule has 0 aromatic rings. The summed E-state index contributed by atoms with van der Waals surface area (Å²) >= 11 is 0. The molecule has 0 radical (unpaired) electrons. The van der Waals surface area contributed by atoms with E-state index in [9.17, 15) is 9.59 Å². The summed E-state index contributed by atoms with van der Waals surface area (Å²) in [5.41, 5.74) is 0. The summed E-state index contributed by atoms with van der Waals surface area (Å²) < 4.78 is 10.1. The normalized spacial score (nSPS) is 45.4. The van der Waals surface area contributed by atoms with E-state index in [2.05, 4.69) is 12.2 Å². The maximum Gasteiger partial charge on any atom is 0.313 e. The zero-order chi connectivity index (χ0) is 10.6. The Morgan fingerprint density at radius 1 is 1.47 bits per heavy atom. The third-order valence-electron chi connectivity index (χ3n) is 3.62. The Labute approximate surface area is 87.2 Å². The number of esters is 2. The maximum absolute atomic E-state index is 11.6. The van der Waals surface area contributed by atoms with Crippen LogP contribution in [0.25, 0.3) is 0 Å². The van der Waals surface area contributed by atoms with Crippen molar-refractivity contribution in [2.24, 2.45) is 23.7 Å². The fourth-order valence-corrected chi connectivity index (χ4v) is 3.10. The van der Waals surface area contributed by atoms with Crippen LogP contribution in [0.1, 0.15) is 13.3 Å². The first kappa shape index (κ1) is 8.95. The van der Waals surface area contributed by atoms with E-state index in [-0.39, 0.29) is 23.8 Å². The molecule has 1 heterocycles. The number of fused-ring (bicyclic) bond motifs is 5. The molecule has 1 saturated carbocycles. The third kappa shape index (κ3) is 1.14. The van der Waals surface area contributed by atoms with Crippen molar-refractivity contribution in [3.63, 3.8) is 0 Å². The number of allylic oxidation sites excluding steroid dienone is 2. The molecule has 3 aliphatic rings. The summed E-state index contributed by atoms with van der Waals surface area (Å²) in [5.74, 6) is 0.0212. The van der Waals surface area contributed by atoms with Gasteiger partial charge in [0, 0.05) is 6.92 Å². The molecule has 15 heavy (non-hydrogen) atoms. The lowest BCUT2D eigenvalue weighted by atomic mass is 9.85. The SMILES string of the molecule is CC(=O)O[C@H]1OC(=O)C2C3C=CC(C3)C21. The van der Waals surface area contributed by atoms with Crippen LogP contribution in [0.3, 0.4) is 0 Å². The first-order valence-corrected chi connectivity index (χ1v) is 5.23. The number of hydrogen-bond acceptors (Lipinski definition) is 4. The van der Waals surface area contributed by atoms with Gasteiger partial charge in [-0.25, -0.2) is 0 Å². The molecule has 4 unspecified atom stereocenters. The van der Waals surface area contributed by atoms with Gasteiger partial charge in [0.2, 0.25) is 0 Å². The molecule has 0 aromatic heterocycles. The molecule has 2 aliphatic carbocycles. The summed E-state index contributed by atoms with van der Waals surface area (Å²) in [6.07, 6.45) is 4.55. The molecule has 2 bridgehead atoms. The second-order valence-corrected chi connectivity index (χ2v) is 4.47. The van der Waals surface area contributed by atoms with Crippen LogP contribution < -0.4 is 0 Å². The summed E-state index contributed by atoms with van der Waals surface area (Å²) in [5, 5.41) is 0. The predicted molar refractivity (Wildman–Crippen MR) is 49.4 cm³/mol. The zero-order valence-electron chi connectivity index (χ0n) is 8.38. The molecule has 1 saturated heterocycles. The summed E-state index contributed by atoms with van der Waals surface area (Å²) in [6, 6.07) is 0. The molecule has 0 aromatic carbocycles. The van der Waals surface area contributed by atoms with E-state index in [0.29, 0.717) is 11.8 Å². The lowest BCUT2D eigenvalue weighted by Crippen LogP contribution is -2.28. The number of cyclic esters (lactones) is 1. The third-order valence-corrected chi connectivity index (χ3v) is 3.62. The second-order valence-electron chi connectivity index (χ2n) is 4.47. The Morgan fingerprint density at radius 3 is 2.93 bits per heavy atom. The van der Waals surface area contributed by atoms with Crippen molar-refractivity contribution in [1.29, 1.82) is 0 Å². The molecular weight excluding hydrogens is 196 g/mol. The van der Waals surface area contributed by atoms with Crippen molar-refractivity contribution in [2.75, 3.05) is 0 Å². The van der Waals surface area contributed by atoms with Crippen molar-refractivity contribution >= 4 is 11.9 Å². The minimum absolute atomic E-state index is 0.0522. The number of rotatable bonds is 1. The van der Waals surface area contributed by atoms with Crippen LogP contribution in [0.2, 0.25) is 0 Å². The van der Waals surface area contributed by atoms with Crippen LogP contribution in [0.5, 0.6) is 0 Å². The van der Waals surface area contributed by atoms with E-state index in [1.165, 1.54) is 6.92 Å². The molecule has 2 fully saturated rings. The van der Waals surface area contributed by atoms with E-state index >= 15 is 0 Å². The highest BCUT2D eigenvalue weighted by molar-refractivity contribution is 5.77. The Kier molecular flexibility index (Phi) is 1.69. The van der Waals surface area contributed by atoms with Crippen molar-refractivity contribution in [1.82, 2.24) is 0 Å². The lowest BCUT2D eigenvalue weighted by Gasteiger charge is -2.20. The van der Waals surface area contributed by atoms with Crippen molar-refractivity contribution in [2.45, 2.75) is 19.6 Å². The molecule has 0 N–H and O–H groups in total. The van der Waals surface area contributed by atoms with E-state index in [1.54, 1.807) is 0 Å². The summed E-state index contributed by atoms with van der Waals surface area (Å²) in [7, 11) is 0. The van der Waals surface area contributed by atoms with Crippen LogP contribution in [-0.2, 0) is 19.1 Å². The molecular formula is C11H12O4. The fourth-order valence-electron chi connectivity index (χ4n) is 3.10. The van der Waals surface area contributed by atoms with Gasteiger partial charge in [0.25, 0.3) is 6.29 Å². The minimum atomic E-state index is -0.653. The fraction of sp³-hybridized carbons (Fsp3) is 0.636. The molecule has 4 heteroatoms. The largest absolute Gasteiger partial charge is 0.425 e. The molecule has 0 amide bonds. The van der Waals surface area contributed by atoms with E-state index in [0.717, 1.165) is 6.42 Å². The molecule has 3 rings (SSSR count). The first-order chi connectivity index (χ1) is 7.16. The Balaban J connectivity index is 1.87. The van der Waals surface area contributed by atoms with Crippen molar-refractivity contribution in [3.05, 3.63) is 12.2 Å². The van der Waals surface area contributed by atoms with Gasteiger partial charge in [-0.2, -0.15) is 0 Å². The van der Waals surface area contributed by atoms with Crippen LogP contribution in [-0.4, -0.2) is 18.2 Å². The van der Waals surface area contributed by atoms with Gasteiger partial charge in [-0.3, -0.25) is 9.59 Å². The lowest BCUT2D eigenvalue weighted by molar-refractivity contribution is -0.181. The van der Waals surface area contributed by atoms with E-state index < -0.39 is 6.29 Å². The number of hydrogen-bond donors (Lipinski definition) is 0. The standard InChI is InChI=1S/C11H12O4/c1-5(12)14-11-9-7-3-2-6(4-7)8(9)10(13)15-11/h2-3,6-9,11H,4H2,1H3/t6?,7?,8?,9?,11-/m0/s1. The zero-order valence-corrected chi connectivity index (χ0v) is 8.38. The highest BCUT2D eigenvalue weighted by atomic mass is 16.7. The first-order valence-electron chi connectivity index (χ1n) is 5.23. The molecule has 5 atom stereocenters. The van der Waals surface area contributed by atoms with Crippen molar-refractivity contribution in [3.8, 4) is 0 Å². The average molecular weight is 208 g/mol. The Bertz CT molecular complexity index is 360. The van der Waals surface area contributed by atoms with Gasteiger partial charge in [-0.1, -0.05) is 12.2 Å². The quantitative estimate of drug-likeness (QED) is 0.474. The van der Waals surface area contributed by atoms with Gasteiger partial charge in [-0.05, 0) is 18.3 Å². The summed E-state index contributed by atoms with van der Waals surface area (Å²) in [4.78, 5) is 22.5. The number of carbonyl (C=O) groups is 2. The molecule has 4 nitrogen and oxygen atoms in total. The van der Waals surface area contributed by atoms with Crippen LogP contribution >= 0.6 is 0 Å². The smallest absolute Gasteiger partial charge is 0.313 e. The highest BCUT2D eigenvalue weighted by Crippen LogP contribution is 2.53. The monoisotopic (exact) mass is 208 g/mol. The Morgan fingerprint density at radius 2 is 2.20 bits per heavy atom. The van der Waals surface area contributed by atoms with Crippen LogP contribution in [0, 0.1) is 23.7 Å². The number of carbonyl (C=O) groups excluding carboxylic acids is 2. The topological polar surface area (TPSA) is 52.6 Å². The summed E-state index contributed by atoms with van der Waals surface area (Å²) in [6.45, 7) is 1.34. The average Bonchev–Trinajstić information content (AvgIpc) is 2.78. The van der Waals surface area contributed by atoms with Gasteiger partial charge in [0.1, 0.15) is 0 Å². The van der Waals surface area contributed by atoms with Crippen LogP contribution in [0.4, 0.5) is 0 Å². The minimum Gasteiger partial charge on any atom is -0.425 e. The Hall–Kier alpha value is -1.32. The predicted octanol–water partition coefficient (Wildman–Crippen LogP) is 0.871. The van der Waals surface area contributed by atoms with Gasteiger partial charge in [0.15, 0.2) is 0 Å². The van der Waals surface area contributed by atoms with Crippen molar-refractivity contribution < 1.29 is 19.1 Å². The second kappa shape index (κ2) is 2.84. The highest BCUT2D eigenvalue weighted by Gasteiger charge is 2.59. The van der Waals surface area contributed by atoms with Gasteiger partial charge in [0.05, 0.1) is 11.8 Å². The molecule has 80 valence electrons.